The van der Waals surface area contributed by atoms with E-state index in [0.29, 0.717) is 12.1 Å². The summed E-state index contributed by atoms with van der Waals surface area (Å²) in [5.41, 5.74) is 1.39. The standard InChI is InChI=1S/C18H28N2O/c1-3-5-12-21-13-11-20-15-17(4-2)19-14-18(20)16-9-7-6-8-10-16/h3,6-10,17-19H,1,4-5,11-15H2,2H3. The Morgan fingerprint density at radius 3 is 2.86 bits per heavy atom. The van der Waals surface area contributed by atoms with Crippen molar-refractivity contribution in [2.24, 2.45) is 0 Å². The van der Waals surface area contributed by atoms with E-state index in [1.807, 2.05) is 6.08 Å². The van der Waals surface area contributed by atoms with Gasteiger partial charge in [-0.3, -0.25) is 4.90 Å². The van der Waals surface area contributed by atoms with Gasteiger partial charge in [-0.25, -0.2) is 0 Å². The van der Waals surface area contributed by atoms with Crippen LogP contribution in [0.15, 0.2) is 43.0 Å². The van der Waals surface area contributed by atoms with Crippen LogP contribution in [0.25, 0.3) is 0 Å². The van der Waals surface area contributed by atoms with E-state index in [2.05, 4.69) is 54.1 Å². The number of ether oxygens (including phenoxy) is 1. The van der Waals surface area contributed by atoms with Gasteiger partial charge in [-0.2, -0.15) is 0 Å². The summed E-state index contributed by atoms with van der Waals surface area (Å²) in [6, 6.07) is 11.8. The van der Waals surface area contributed by atoms with Gasteiger partial charge < -0.3 is 10.1 Å². The summed E-state index contributed by atoms with van der Waals surface area (Å²) >= 11 is 0. The van der Waals surface area contributed by atoms with Crippen molar-refractivity contribution >= 4 is 0 Å². The van der Waals surface area contributed by atoms with Crippen LogP contribution in [0, 0.1) is 0 Å². The molecule has 2 rings (SSSR count). The molecule has 0 amide bonds. The molecule has 116 valence electrons. The molecule has 0 aliphatic carbocycles. The Morgan fingerprint density at radius 1 is 1.33 bits per heavy atom. The lowest BCUT2D eigenvalue weighted by molar-refractivity contribution is 0.0662. The molecule has 1 aliphatic rings. The molecular weight excluding hydrogens is 260 g/mol. The van der Waals surface area contributed by atoms with Gasteiger partial charge in [0.2, 0.25) is 0 Å². The van der Waals surface area contributed by atoms with Crippen LogP contribution < -0.4 is 5.32 Å². The van der Waals surface area contributed by atoms with Crippen LogP contribution in [-0.2, 0) is 4.74 Å². The van der Waals surface area contributed by atoms with Gasteiger partial charge in [-0.15, -0.1) is 6.58 Å². The third-order valence-corrected chi connectivity index (χ3v) is 4.16. The summed E-state index contributed by atoms with van der Waals surface area (Å²) in [6.45, 7) is 10.7. The van der Waals surface area contributed by atoms with E-state index >= 15 is 0 Å². The lowest BCUT2D eigenvalue weighted by Gasteiger charge is -2.40. The maximum absolute atomic E-state index is 5.70. The van der Waals surface area contributed by atoms with Crippen LogP contribution >= 0.6 is 0 Å². The Labute approximate surface area is 129 Å². The van der Waals surface area contributed by atoms with Gasteiger partial charge in [0.25, 0.3) is 0 Å². The highest BCUT2D eigenvalue weighted by atomic mass is 16.5. The van der Waals surface area contributed by atoms with Crippen LogP contribution in [0.1, 0.15) is 31.4 Å². The summed E-state index contributed by atoms with van der Waals surface area (Å²) in [4.78, 5) is 2.56. The molecule has 1 aromatic rings. The van der Waals surface area contributed by atoms with Crippen LogP contribution in [0.5, 0.6) is 0 Å². The molecule has 21 heavy (non-hydrogen) atoms. The summed E-state index contributed by atoms with van der Waals surface area (Å²) < 4.78 is 5.70. The average Bonchev–Trinajstić information content (AvgIpc) is 2.55. The zero-order valence-electron chi connectivity index (χ0n) is 13.1. The maximum atomic E-state index is 5.70. The topological polar surface area (TPSA) is 24.5 Å². The second-order valence-electron chi connectivity index (χ2n) is 5.62. The Hall–Kier alpha value is -1.16. The molecule has 1 saturated heterocycles. The van der Waals surface area contributed by atoms with Gasteiger partial charge >= 0.3 is 0 Å². The summed E-state index contributed by atoms with van der Waals surface area (Å²) in [6.07, 6.45) is 4.02. The normalized spacial score (nSPS) is 23.1. The minimum Gasteiger partial charge on any atom is -0.380 e. The highest BCUT2D eigenvalue weighted by Gasteiger charge is 2.27. The second kappa shape index (κ2) is 8.98. The Morgan fingerprint density at radius 2 is 2.14 bits per heavy atom. The zero-order valence-corrected chi connectivity index (χ0v) is 13.1. The van der Waals surface area contributed by atoms with Crippen molar-refractivity contribution in [3.8, 4) is 0 Å². The van der Waals surface area contributed by atoms with Crippen LogP contribution in [0.3, 0.4) is 0 Å². The van der Waals surface area contributed by atoms with Gasteiger partial charge in [0.05, 0.1) is 13.2 Å². The zero-order chi connectivity index (χ0) is 14.9. The minimum atomic E-state index is 0.456. The van der Waals surface area contributed by atoms with E-state index in [-0.39, 0.29) is 0 Å². The lowest BCUT2D eigenvalue weighted by atomic mass is 10.0. The average molecular weight is 288 g/mol. The summed E-state index contributed by atoms with van der Waals surface area (Å²) in [5, 5.41) is 3.66. The smallest absolute Gasteiger partial charge is 0.0593 e. The van der Waals surface area contributed by atoms with Gasteiger partial charge in [-0.05, 0) is 18.4 Å². The molecule has 2 atom stereocenters. The van der Waals surface area contributed by atoms with Gasteiger partial charge in [0, 0.05) is 31.7 Å². The van der Waals surface area contributed by atoms with Crippen molar-refractivity contribution < 1.29 is 4.74 Å². The van der Waals surface area contributed by atoms with E-state index < -0.39 is 0 Å². The minimum absolute atomic E-state index is 0.456. The predicted octanol–water partition coefficient (Wildman–Crippen LogP) is 3.00. The molecule has 0 bridgehead atoms. The van der Waals surface area contributed by atoms with Crippen LogP contribution in [0.4, 0.5) is 0 Å². The van der Waals surface area contributed by atoms with Crippen molar-refractivity contribution in [2.75, 3.05) is 32.8 Å². The quantitative estimate of drug-likeness (QED) is 0.588. The molecule has 2 unspecified atom stereocenters. The Bertz CT molecular complexity index is 407. The fourth-order valence-electron chi connectivity index (χ4n) is 2.86. The fraction of sp³-hybridized carbons (Fsp3) is 0.556. The Kier molecular flexibility index (Phi) is 6.93. The first-order chi connectivity index (χ1) is 10.3. The fourth-order valence-corrected chi connectivity index (χ4v) is 2.86. The first-order valence-corrected chi connectivity index (χ1v) is 8.06. The second-order valence-corrected chi connectivity index (χ2v) is 5.62. The predicted molar refractivity (Wildman–Crippen MR) is 88.5 cm³/mol. The molecule has 0 radical (unpaired) electrons. The number of benzene rings is 1. The van der Waals surface area contributed by atoms with Crippen LogP contribution in [0.2, 0.25) is 0 Å². The van der Waals surface area contributed by atoms with E-state index in [9.17, 15) is 0 Å². The first-order valence-electron chi connectivity index (χ1n) is 8.06. The van der Waals surface area contributed by atoms with Crippen molar-refractivity contribution in [1.82, 2.24) is 10.2 Å². The van der Waals surface area contributed by atoms with Crippen molar-refractivity contribution in [3.63, 3.8) is 0 Å². The van der Waals surface area contributed by atoms with Gasteiger partial charge in [0.1, 0.15) is 0 Å². The Balaban J connectivity index is 1.92. The monoisotopic (exact) mass is 288 g/mol. The number of nitrogens with one attached hydrogen (secondary N) is 1. The number of nitrogens with zero attached hydrogens (tertiary/aromatic N) is 1. The molecular formula is C18H28N2O. The van der Waals surface area contributed by atoms with Gasteiger partial charge in [0.15, 0.2) is 0 Å². The van der Waals surface area contributed by atoms with E-state index in [1.54, 1.807) is 0 Å². The SMILES string of the molecule is C=CCCOCCN1CC(CC)NCC1c1ccccc1. The van der Waals surface area contributed by atoms with Crippen molar-refractivity contribution in [1.29, 1.82) is 0 Å². The number of hydrogen-bond acceptors (Lipinski definition) is 3. The van der Waals surface area contributed by atoms with Crippen molar-refractivity contribution in [2.45, 2.75) is 31.8 Å². The highest BCUT2D eigenvalue weighted by molar-refractivity contribution is 5.20. The number of hydrogen-bond donors (Lipinski definition) is 1. The molecule has 1 N–H and O–H groups in total. The van der Waals surface area contributed by atoms with E-state index in [0.717, 1.165) is 39.3 Å². The van der Waals surface area contributed by atoms with E-state index in [4.69, 9.17) is 4.74 Å². The summed E-state index contributed by atoms with van der Waals surface area (Å²) in [7, 11) is 0. The largest absolute Gasteiger partial charge is 0.380 e. The molecule has 0 aromatic heterocycles. The molecule has 3 heteroatoms. The van der Waals surface area contributed by atoms with Crippen molar-refractivity contribution in [3.05, 3.63) is 48.6 Å². The summed E-state index contributed by atoms with van der Waals surface area (Å²) in [5.74, 6) is 0. The number of rotatable bonds is 8. The molecule has 1 aromatic carbocycles. The van der Waals surface area contributed by atoms with Crippen LogP contribution in [-0.4, -0.2) is 43.8 Å². The lowest BCUT2D eigenvalue weighted by Crippen LogP contribution is -2.52. The molecule has 0 saturated carbocycles. The highest BCUT2D eigenvalue weighted by Crippen LogP contribution is 2.23. The number of piperazine rings is 1. The maximum Gasteiger partial charge on any atom is 0.0593 e. The molecule has 1 heterocycles. The molecule has 0 spiro atoms. The molecule has 1 aliphatic heterocycles. The molecule has 3 nitrogen and oxygen atoms in total. The van der Waals surface area contributed by atoms with Gasteiger partial charge in [-0.1, -0.05) is 43.3 Å². The first kappa shape index (κ1) is 16.2. The molecule has 1 fully saturated rings. The third kappa shape index (κ3) is 4.95. The van der Waals surface area contributed by atoms with E-state index in [1.165, 1.54) is 12.0 Å². The third-order valence-electron chi connectivity index (χ3n) is 4.16.